The molecular formula is C42H40Cl2FN3O4. The molecule has 1 amide bonds. The van der Waals surface area contributed by atoms with Gasteiger partial charge in [0.1, 0.15) is 18.2 Å². The number of nitrogens with zero attached hydrogens (tertiary/aromatic N) is 3. The van der Waals surface area contributed by atoms with E-state index in [0.717, 1.165) is 48.3 Å². The first-order valence-corrected chi connectivity index (χ1v) is 17.9. The quantitative estimate of drug-likeness (QED) is 0.0836. The van der Waals surface area contributed by atoms with E-state index < -0.39 is 0 Å². The third-order valence-corrected chi connectivity index (χ3v) is 9.42. The van der Waals surface area contributed by atoms with E-state index in [1.54, 1.807) is 48.7 Å². The molecule has 1 aliphatic rings. The van der Waals surface area contributed by atoms with Crippen LogP contribution in [0.15, 0.2) is 109 Å². The minimum atomic E-state index is -0.241. The summed E-state index contributed by atoms with van der Waals surface area (Å²) >= 11 is 12.8. The van der Waals surface area contributed by atoms with Crippen molar-refractivity contribution in [3.8, 4) is 17.4 Å². The molecule has 0 atom stereocenters. The van der Waals surface area contributed by atoms with Crippen molar-refractivity contribution >= 4 is 35.2 Å². The topological polar surface area (TPSA) is 64.1 Å². The molecule has 6 rings (SSSR count). The summed E-state index contributed by atoms with van der Waals surface area (Å²) < 4.78 is 30.6. The van der Waals surface area contributed by atoms with Crippen molar-refractivity contribution in [2.75, 3.05) is 32.8 Å². The monoisotopic (exact) mass is 739 g/mol. The van der Waals surface area contributed by atoms with Gasteiger partial charge in [-0.15, -0.1) is 0 Å². The van der Waals surface area contributed by atoms with Crippen molar-refractivity contribution in [3.05, 3.63) is 159 Å². The summed E-state index contributed by atoms with van der Waals surface area (Å²) in [6, 6.07) is 29.7. The van der Waals surface area contributed by atoms with Gasteiger partial charge in [-0.05, 0) is 83.6 Å². The Kier molecular flexibility index (Phi) is 12.9. The van der Waals surface area contributed by atoms with Crippen molar-refractivity contribution in [2.24, 2.45) is 0 Å². The van der Waals surface area contributed by atoms with E-state index in [4.69, 9.17) is 37.4 Å². The Balaban J connectivity index is 0.921. The number of hydrogen-bond donors (Lipinski definition) is 0. The Morgan fingerprint density at radius 3 is 2.29 bits per heavy atom. The van der Waals surface area contributed by atoms with Crippen LogP contribution in [0.1, 0.15) is 33.4 Å². The van der Waals surface area contributed by atoms with Crippen molar-refractivity contribution in [1.29, 1.82) is 0 Å². The number of carbonyl (C=O) groups excluding carboxylic acids is 1. The van der Waals surface area contributed by atoms with Crippen LogP contribution in [0.3, 0.4) is 0 Å². The zero-order valence-corrected chi connectivity index (χ0v) is 30.5. The smallest absolute Gasteiger partial charge is 0.246 e. The van der Waals surface area contributed by atoms with Gasteiger partial charge in [0.15, 0.2) is 5.75 Å². The van der Waals surface area contributed by atoms with Gasteiger partial charge in [0, 0.05) is 55.5 Å². The summed E-state index contributed by atoms with van der Waals surface area (Å²) in [6.45, 7) is 7.07. The second kappa shape index (κ2) is 18.2. The normalized spacial score (nSPS) is 13.4. The summed E-state index contributed by atoms with van der Waals surface area (Å²) in [5, 5.41) is 1.07. The van der Waals surface area contributed by atoms with E-state index >= 15 is 0 Å². The van der Waals surface area contributed by atoms with Gasteiger partial charge < -0.3 is 19.1 Å². The predicted octanol–water partition coefficient (Wildman–Crippen LogP) is 9.32. The van der Waals surface area contributed by atoms with Crippen LogP contribution in [0.5, 0.6) is 17.4 Å². The maximum Gasteiger partial charge on any atom is 0.246 e. The van der Waals surface area contributed by atoms with Gasteiger partial charge in [0.2, 0.25) is 11.8 Å². The van der Waals surface area contributed by atoms with E-state index in [1.165, 1.54) is 23.3 Å². The molecule has 1 aromatic heterocycles. The first kappa shape index (κ1) is 37.0. The van der Waals surface area contributed by atoms with Crippen LogP contribution in [-0.2, 0) is 35.7 Å². The Hall–Kier alpha value is -4.73. The molecule has 1 fully saturated rings. The SMILES string of the molecule is Cc1cc(C=CC(=O)N2CCN(Cc3ccc(CCOCc4ccc(F)cc4)cc3)CC2)cc(Cl)c1Oc1ccc(OCc2ccccc2Cl)cn1. The fraction of sp³-hybridized carbons (Fsp3) is 0.238. The molecule has 0 saturated carbocycles. The average Bonchev–Trinajstić information content (AvgIpc) is 3.16. The number of halogens is 3. The van der Waals surface area contributed by atoms with Gasteiger partial charge in [-0.1, -0.05) is 77.8 Å². The summed E-state index contributed by atoms with van der Waals surface area (Å²) in [7, 11) is 0. The minimum absolute atomic E-state index is 0.0270. The van der Waals surface area contributed by atoms with Crippen molar-refractivity contribution in [2.45, 2.75) is 33.1 Å². The van der Waals surface area contributed by atoms with Gasteiger partial charge in [-0.2, -0.15) is 0 Å². The summed E-state index contributed by atoms with van der Waals surface area (Å²) in [5.74, 6) is 1.20. The van der Waals surface area contributed by atoms with Crippen LogP contribution in [0.2, 0.25) is 10.0 Å². The molecule has 0 N–H and O–H groups in total. The van der Waals surface area contributed by atoms with Crippen LogP contribution in [0.4, 0.5) is 4.39 Å². The number of pyridine rings is 1. The Labute approximate surface area is 314 Å². The van der Waals surface area contributed by atoms with E-state index in [9.17, 15) is 9.18 Å². The van der Waals surface area contributed by atoms with Crippen molar-refractivity contribution in [3.63, 3.8) is 0 Å². The average molecular weight is 741 g/mol. The predicted molar refractivity (Wildman–Crippen MR) is 203 cm³/mol. The number of ether oxygens (including phenoxy) is 3. The third kappa shape index (κ3) is 10.7. The highest BCUT2D eigenvalue weighted by Crippen LogP contribution is 2.34. The number of piperazine rings is 1. The number of benzene rings is 4. The van der Waals surface area contributed by atoms with E-state index in [-0.39, 0.29) is 11.7 Å². The molecule has 0 unspecified atom stereocenters. The van der Waals surface area contributed by atoms with Crippen molar-refractivity contribution < 1.29 is 23.4 Å². The molecule has 10 heteroatoms. The Morgan fingerprint density at radius 2 is 1.58 bits per heavy atom. The minimum Gasteiger partial charge on any atom is -0.487 e. The van der Waals surface area contributed by atoms with Crippen LogP contribution in [-0.4, -0.2) is 53.5 Å². The second-order valence-corrected chi connectivity index (χ2v) is 13.5. The third-order valence-electron chi connectivity index (χ3n) is 8.77. The lowest BCUT2D eigenvalue weighted by Crippen LogP contribution is -2.47. The van der Waals surface area contributed by atoms with Gasteiger partial charge in [0.05, 0.1) is 24.4 Å². The van der Waals surface area contributed by atoms with Gasteiger partial charge >= 0.3 is 0 Å². The zero-order valence-electron chi connectivity index (χ0n) is 28.9. The summed E-state index contributed by atoms with van der Waals surface area (Å²) in [4.78, 5) is 21.6. The van der Waals surface area contributed by atoms with Crippen LogP contribution in [0.25, 0.3) is 6.08 Å². The van der Waals surface area contributed by atoms with Crippen LogP contribution in [0, 0.1) is 12.7 Å². The molecule has 0 bridgehead atoms. The number of rotatable bonds is 14. The highest BCUT2D eigenvalue weighted by molar-refractivity contribution is 6.32. The molecule has 1 saturated heterocycles. The van der Waals surface area contributed by atoms with E-state index in [2.05, 4.69) is 34.1 Å². The molecule has 0 aliphatic carbocycles. The van der Waals surface area contributed by atoms with Gasteiger partial charge in [-0.25, -0.2) is 9.37 Å². The molecule has 1 aliphatic heterocycles. The number of hydrogen-bond acceptors (Lipinski definition) is 6. The number of aryl methyl sites for hydroxylation is 1. The number of amides is 1. The van der Waals surface area contributed by atoms with Crippen molar-refractivity contribution in [1.82, 2.24) is 14.8 Å². The molecule has 52 heavy (non-hydrogen) atoms. The highest BCUT2D eigenvalue weighted by Gasteiger charge is 2.20. The fourth-order valence-electron chi connectivity index (χ4n) is 5.81. The first-order valence-electron chi connectivity index (χ1n) is 17.2. The lowest BCUT2D eigenvalue weighted by molar-refractivity contribution is -0.127. The van der Waals surface area contributed by atoms with Gasteiger partial charge in [-0.3, -0.25) is 9.69 Å². The highest BCUT2D eigenvalue weighted by atomic mass is 35.5. The maximum atomic E-state index is 13.1. The molecule has 2 heterocycles. The molecule has 0 spiro atoms. The maximum absolute atomic E-state index is 13.1. The largest absolute Gasteiger partial charge is 0.487 e. The summed E-state index contributed by atoms with van der Waals surface area (Å²) in [6.07, 6.45) is 5.80. The standard InChI is InChI=1S/C42H40Cl2FN3O4/c1-30-24-34(25-39(44)42(30)52-40-16-15-37(26-46-40)51-29-35-4-2-3-5-38(35)43)12-17-41(49)48-21-19-47(20-22-48)27-32-8-6-31(7-9-32)18-23-50-28-33-10-13-36(45)14-11-33/h2-17,24-26H,18-23,27-29H2,1H3. The molecule has 4 aromatic carbocycles. The molecule has 0 radical (unpaired) electrons. The Morgan fingerprint density at radius 1 is 0.846 bits per heavy atom. The molecule has 268 valence electrons. The lowest BCUT2D eigenvalue weighted by Gasteiger charge is -2.34. The van der Waals surface area contributed by atoms with E-state index in [0.29, 0.717) is 60.3 Å². The Bertz CT molecular complexity index is 1940. The second-order valence-electron chi connectivity index (χ2n) is 12.6. The molecule has 5 aromatic rings. The van der Waals surface area contributed by atoms with Crippen LogP contribution < -0.4 is 9.47 Å². The lowest BCUT2D eigenvalue weighted by atomic mass is 10.1. The van der Waals surface area contributed by atoms with Gasteiger partial charge in [0.25, 0.3) is 0 Å². The number of aromatic nitrogens is 1. The molecular weight excluding hydrogens is 700 g/mol. The van der Waals surface area contributed by atoms with E-state index in [1.807, 2.05) is 42.2 Å². The first-order chi connectivity index (χ1) is 25.3. The molecule has 7 nitrogen and oxygen atoms in total. The van der Waals surface area contributed by atoms with Crippen LogP contribution >= 0.6 is 23.2 Å². The zero-order chi connectivity index (χ0) is 36.3. The fourth-order valence-corrected chi connectivity index (χ4v) is 6.31. The number of carbonyl (C=O) groups is 1. The summed E-state index contributed by atoms with van der Waals surface area (Å²) in [5.41, 5.74) is 5.92.